The summed E-state index contributed by atoms with van der Waals surface area (Å²) in [6.07, 6.45) is 55.2. The van der Waals surface area contributed by atoms with Crippen molar-refractivity contribution in [1.82, 2.24) is 0 Å². The summed E-state index contributed by atoms with van der Waals surface area (Å²) in [5.74, 6) is 0.538. The molecule has 2 nitrogen and oxygen atoms in total. The SMILES string of the molecule is CCCCCCCCC1(CCCCCCCC)c2ccccc2-c2ccc(-c3ccc(N(c4ccc(C)cc4)c4ccc5c(c4)C(CCCCCCCC)(CCCCCCCC)c4cc(N(c6ccc(C)cc6)c6ccc(-c7ccc8c(c7)C(CCCCCCCC)(CCCCCCCC)c7cc9cc(C(C)CC)ccc9cc7-8)cc6)ccc4-5)cc3)cc21. The zero-order valence-electron chi connectivity index (χ0n) is 78.2. The standard InChI is InChI=1S/C121H154N2/c1-11-18-24-30-36-44-78-119(79-45-37-31-25-19-12-2)113-51-43-42-50-107(113)108-74-62-98(86-114(108)119)94-58-68-103(69-59-94)122(101-64-52-91(8)53-65-101)105-72-76-109-110-77-73-106(90-118(110)121(117(109)89-105,82-48-40-34-28-22-15-5)83-49-41-35-29-23-16-6)123(102-66-54-92(9)55-67-102)104-70-60-95(61-71-104)99-63-75-111-112-85-97-57-56-96(93(10)17-7)84-100(97)88-116(112)120(115(111)87-99,80-46-38-32-26-20-13-3)81-47-39-33-27-21-14-4/h42-43,50-77,84-90,93H,11-41,44-49,78-83H2,1-10H3. The van der Waals surface area contributed by atoms with Gasteiger partial charge in [0.15, 0.2) is 0 Å². The summed E-state index contributed by atoms with van der Waals surface area (Å²) in [4.78, 5) is 5.18. The first kappa shape index (κ1) is 90.5. The summed E-state index contributed by atoms with van der Waals surface area (Å²) >= 11 is 0. The number of benzene rings is 11. The summed E-state index contributed by atoms with van der Waals surface area (Å²) < 4.78 is 0. The summed E-state index contributed by atoms with van der Waals surface area (Å²) in [7, 11) is 0. The molecule has 0 fully saturated rings. The third-order valence-corrected chi connectivity index (χ3v) is 29.9. The van der Waals surface area contributed by atoms with Crippen LogP contribution in [-0.2, 0) is 16.2 Å². The van der Waals surface area contributed by atoms with E-state index in [4.69, 9.17) is 0 Å². The Morgan fingerprint density at radius 3 is 0.870 bits per heavy atom. The Bertz CT molecular complexity index is 5080. The fourth-order valence-corrected chi connectivity index (χ4v) is 22.5. The molecule has 0 N–H and O–H groups in total. The summed E-state index contributed by atoms with van der Waals surface area (Å²) in [5, 5.41) is 2.79. The van der Waals surface area contributed by atoms with Gasteiger partial charge in [0.25, 0.3) is 0 Å². The molecule has 1 atom stereocenters. The van der Waals surface area contributed by atoms with Gasteiger partial charge >= 0.3 is 0 Å². The maximum absolute atomic E-state index is 2.69. The Morgan fingerprint density at radius 1 is 0.220 bits per heavy atom. The van der Waals surface area contributed by atoms with E-state index in [0.29, 0.717) is 5.92 Å². The zero-order valence-corrected chi connectivity index (χ0v) is 78.2. The number of aryl methyl sites for hydroxylation is 2. The molecule has 11 aromatic rings. The maximum atomic E-state index is 2.69. The van der Waals surface area contributed by atoms with Gasteiger partial charge in [-0.25, -0.2) is 0 Å². The topological polar surface area (TPSA) is 6.48 Å². The second kappa shape index (κ2) is 44.4. The monoisotopic (exact) mass is 1640 g/mol. The van der Waals surface area contributed by atoms with Crippen molar-refractivity contribution in [3.05, 3.63) is 275 Å². The Labute approximate surface area is 747 Å². The van der Waals surface area contributed by atoms with Crippen LogP contribution in [0.3, 0.4) is 0 Å². The largest absolute Gasteiger partial charge is 0.310 e. The lowest BCUT2D eigenvalue weighted by Crippen LogP contribution is -2.26. The predicted octanol–water partition coefficient (Wildman–Crippen LogP) is 38.5. The van der Waals surface area contributed by atoms with Crippen molar-refractivity contribution in [2.75, 3.05) is 9.80 Å². The lowest BCUT2D eigenvalue weighted by Gasteiger charge is -2.35. The molecular formula is C121H154N2. The molecule has 0 saturated carbocycles. The van der Waals surface area contributed by atoms with E-state index in [1.807, 2.05) is 0 Å². The van der Waals surface area contributed by atoms with E-state index >= 15 is 0 Å². The van der Waals surface area contributed by atoms with E-state index in [1.54, 1.807) is 22.3 Å². The minimum atomic E-state index is -0.194. The normalized spacial score (nSPS) is 13.9. The molecule has 0 aliphatic heterocycles. The summed E-state index contributed by atoms with van der Waals surface area (Å²) in [5.41, 5.74) is 34.3. The number of unbranched alkanes of at least 4 members (excludes halogenated alkanes) is 30. The van der Waals surface area contributed by atoms with Crippen molar-refractivity contribution in [2.45, 2.75) is 367 Å². The Kier molecular flexibility index (Phi) is 32.7. The van der Waals surface area contributed by atoms with Crippen molar-refractivity contribution in [3.63, 3.8) is 0 Å². The first-order valence-electron chi connectivity index (χ1n) is 50.6. The fraction of sp³-hybridized carbons (Fsp3) is 0.471. The predicted molar refractivity (Wildman–Crippen MR) is 539 cm³/mol. The van der Waals surface area contributed by atoms with Crippen molar-refractivity contribution >= 4 is 44.9 Å². The minimum absolute atomic E-state index is 0.0313. The molecule has 14 rings (SSSR count). The van der Waals surface area contributed by atoms with Gasteiger partial charge in [-0.2, -0.15) is 0 Å². The lowest BCUT2D eigenvalue weighted by molar-refractivity contribution is 0.398. The molecule has 0 spiro atoms. The molecule has 0 heterocycles. The highest BCUT2D eigenvalue weighted by Gasteiger charge is 2.46. The van der Waals surface area contributed by atoms with Crippen LogP contribution in [0.4, 0.5) is 34.1 Å². The fourth-order valence-electron chi connectivity index (χ4n) is 22.5. The molecule has 0 saturated heterocycles. The smallest absolute Gasteiger partial charge is 0.0465 e. The van der Waals surface area contributed by atoms with Crippen LogP contribution in [0.2, 0.25) is 0 Å². The second-order valence-electron chi connectivity index (χ2n) is 38.6. The van der Waals surface area contributed by atoms with Gasteiger partial charge in [0.1, 0.15) is 0 Å². The van der Waals surface area contributed by atoms with Crippen molar-refractivity contribution in [1.29, 1.82) is 0 Å². The summed E-state index contributed by atoms with van der Waals surface area (Å²) in [6, 6.07) is 91.2. The van der Waals surface area contributed by atoms with Crippen LogP contribution in [0.15, 0.2) is 224 Å². The van der Waals surface area contributed by atoms with Crippen LogP contribution in [0, 0.1) is 13.8 Å². The number of nitrogens with zero attached hydrogens (tertiary/aromatic N) is 2. The molecule has 3 aliphatic rings. The molecule has 648 valence electrons. The van der Waals surface area contributed by atoms with E-state index in [9.17, 15) is 0 Å². The van der Waals surface area contributed by atoms with Crippen LogP contribution >= 0.6 is 0 Å². The zero-order chi connectivity index (χ0) is 85.4. The molecule has 123 heavy (non-hydrogen) atoms. The van der Waals surface area contributed by atoms with Gasteiger partial charge in [-0.05, 0) is 267 Å². The Hall–Kier alpha value is -8.72. The third kappa shape index (κ3) is 20.9. The average Bonchev–Trinajstić information content (AvgIpc) is 1.55. The third-order valence-electron chi connectivity index (χ3n) is 29.9. The average molecular weight is 1640 g/mol. The van der Waals surface area contributed by atoms with Crippen molar-refractivity contribution in [3.8, 4) is 55.6 Å². The van der Waals surface area contributed by atoms with Crippen LogP contribution in [0.5, 0.6) is 0 Å². The van der Waals surface area contributed by atoms with E-state index in [1.165, 1.54) is 385 Å². The van der Waals surface area contributed by atoms with E-state index in [0.717, 1.165) is 19.3 Å². The highest BCUT2D eigenvalue weighted by molar-refractivity contribution is 5.96. The highest BCUT2D eigenvalue weighted by atomic mass is 15.1. The second-order valence-corrected chi connectivity index (χ2v) is 38.6. The molecular weight excluding hydrogens is 1480 g/mol. The van der Waals surface area contributed by atoms with Gasteiger partial charge in [-0.3, -0.25) is 0 Å². The van der Waals surface area contributed by atoms with Crippen molar-refractivity contribution in [2.24, 2.45) is 0 Å². The number of hydrogen-bond donors (Lipinski definition) is 0. The molecule has 0 radical (unpaired) electrons. The molecule has 1 unspecified atom stereocenters. The Balaban J connectivity index is 0.839. The molecule has 0 bridgehead atoms. The van der Waals surface area contributed by atoms with E-state index in [-0.39, 0.29) is 16.2 Å². The molecule has 0 aromatic heterocycles. The van der Waals surface area contributed by atoms with Gasteiger partial charge in [0, 0.05) is 50.4 Å². The number of fused-ring (bicyclic) bond motifs is 10. The lowest BCUT2D eigenvalue weighted by atomic mass is 9.70. The van der Waals surface area contributed by atoms with Crippen LogP contribution in [0.25, 0.3) is 66.4 Å². The number of anilines is 6. The maximum Gasteiger partial charge on any atom is 0.0465 e. The van der Waals surface area contributed by atoms with Gasteiger partial charge in [0.2, 0.25) is 0 Å². The van der Waals surface area contributed by atoms with Crippen molar-refractivity contribution < 1.29 is 0 Å². The van der Waals surface area contributed by atoms with Gasteiger partial charge in [-0.1, -0.05) is 425 Å². The highest BCUT2D eigenvalue weighted by Crippen LogP contribution is 2.61. The van der Waals surface area contributed by atoms with Crippen LogP contribution in [0.1, 0.15) is 387 Å². The molecule has 2 heteroatoms. The quantitative estimate of drug-likeness (QED) is 0.0351. The van der Waals surface area contributed by atoms with Crippen LogP contribution < -0.4 is 9.80 Å². The number of hydrogen-bond acceptors (Lipinski definition) is 2. The van der Waals surface area contributed by atoms with Crippen LogP contribution in [-0.4, -0.2) is 0 Å². The number of rotatable bonds is 52. The van der Waals surface area contributed by atoms with Gasteiger partial charge in [0.05, 0.1) is 0 Å². The molecule has 3 aliphatic carbocycles. The first-order chi connectivity index (χ1) is 60.4. The molecule has 11 aromatic carbocycles. The van der Waals surface area contributed by atoms with E-state index in [2.05, 4.69) is 303 Å². The molecule has 0 amide bonds. The van der Waals surface area contributed by atoms with E-state index < -0.39 is 0 Å². The first-order valence-corrected chi connectivity index (χ1v) is 50.6. The minimum Gasteiger partial charge on any atom is -0.310 e. The van der Waals surface area contributed by atoms with Gasteiger partial charge < -0.3 is 9.80 Å². The van der Waals surface area contributed by atoms with Gasteiger partial charge in [-0.15, -0.1) is 0 Å². The Morgan fingerprint density at radius 2 is 0.504 bits per heavy atom. The summed E-state index contributed by atoms with van der Waals surface area (Å²) in [6.45, 7) is 23.3.